The molecule has 0 aromatic heterocycles. The molecule has 1 aromatic carbocycles. The maximum absolute atomic E-state index is 5.52. The number of halogens is 1. The van der Waals surface area contributed by atoms with Crippen molar-refractivity contribution in [3.8, 4) is 0 Å². The Hall–Kier alpha value is -0.130. The molecule has 0 bridgehead atoms. The van der Waals surface area contributed by atoms with Crippen LogP contribution < -0.4 is 5.32 Å². The first-order valence-electron chi connectivity index (χ1n) is 7.02. The van der Waals surface area contributed by atoms with Crippen molar-refractivity contribution in [2.24, 2.45) is 0 Å². The number of benzene rings is 1. The summed E-state index contributed by atoms with van der Waals surface area (Å²) in [6, 6.07) is 9.19. The predicted octanol–water partition coefficient (Wildman–Crippen LogP) is 4.54. The van der Waals surface area contributed by atoms with Gasteiger partial charge in [0.1, 0.15) is 0 Å². The highest BCUT2D eigenvalue weighted by Crippen LogP contribution is 2.25. The summed E-state index contributed by atoms with van der Waals surface area (Å²) in [5, 5.41) is 3.65. The number of methoxy groups -OCH3 is 1. The summed E-state index contributed by atoms with van der Waals surface area (Å²) in [6.07, 6.45) is 3.31. The minimum Gasteiger partial charge on any atom is -0.379 e. The molecule has 1 unspecified atom stereocenters. The average molecular weight is 375 g/mol. The number of rotatable bonds is 8. The summed E-state index contributed by atoms with van der Waals surface area (Å²) in [4.78, 5) is 0. The molecule has 0 amide bonds. The van der Waals surface area contributed by atoms with Crippen molar-refractivity contribution in [3.05, 3.63) is 33.4 Å². The quantitative estimate of drug-likeness (QED) is 0.674. The summed E-state index contributed by atoms with van der Waals surface area (Å²) in [7, 11) is 1.79. The molecule has 0 saturated heterocycles. The third kappa shape index (κ3) is 6.23. The van der Waals surface area contributed by atoms with Crippen molar-refractivity contribution in [3.63, 3.8) is 0 Å². The fourth-order valence-electron chi connectivity index (χ4n) is 2.02. The summed E-state index contributed by atoms with van der Waals surface area (Å²) >= 11 is 2.38. The summed E-state index contributed by atoms with van der Waals surface area (Å²) < 4.78 is 6.82. The number of nitrogens with one attached hydrogen (secondary N) is 1. The largest absolute Gasteiger partial charge is 0.379 e. The first-order valence-corrected chi connectivity index (χ1v) is 8.10. The van der Waals surface area contributed by atoms with E-state index in [4.69, 9.17) is 4.74 Å². The lowest BCUT2D eigenvalue weighted by Gasteiger charge is -2.27. The lowest BCUT2D eigenvalue weighted by Crippen LogP contribution is -2.28. The van der Waals surface area contributed by atoms with Crippen LogP contribution in [0.25, 0.3) is 0 Å². The minimum atomic E-state index is -0.0475. The topological polar surface area (TPSA) is 21.3 Å². The molecule has 0 fully saturated rings. The van der Waals surface area contributed by atoms with Gasteiger partial charge in [-0.25, -0.2) is 0 Å². The Morgan fingerprint density at radius 1 is 1.37 bits per heavy atom. The van der Waals surface area contributed by atoms with Crippen molar-refractivity contribution in [2.45, 2.75) is 51.7 Å². The van der Waals surface area contributed by atoms with Crippen LogP contribution in [0.5, 0.6) is 0 Å². The standard InChI is InChI=1S/C16H26INO/c1-5-11-18-15(9-10-16(2,3)19-4)13-7-6-8-14(17)12-13/h6-8,12,15,18H,5,9-11H2,1-4H3. The Kier molecular flexibility index (Phi) is 7.32. The molecule has 108 valence electrons. The smallest absolute Gasteiger partial charge is 0.0623 e. The van der Waals surface area contributed by atoms with E-state index >= 15 is 0 Å². The van der Waals surface area contributed by atoms with Gasteiger partial charge >= 0.3 is 0 Å². The van der Waals surface area contributed by atoms with Crippen molar-refractivity contribution < 1.29 is 4.74 Å². The van der Waals surface area contributed by atoms with E-state index in [2.05, 4.69) is 72.9 Å². The fourth-order valence-corrected chi connectivity index (χ4v) is 2.59. The van der Waals surface area contributed by atoms with E-state index in [9.17, 15) is 0 Å². The molecule has 2 nitrogen and oxygen atoms in total. The van der Waals surface area contributed by atoms with Crippen LogP contribution in [-0.2, 0) is 4.74 Å². The van der Waals surface area contributed by atoms with Gasteiger partial charge in [0.25, 0.3) is 0 Å². The zero-order valence-electron chi connectivity index (χ0n) is 12.5. The van der Waals surface area contributed by atoms with Crippen molar-refractivity contribution in [1.82, 2.24) is 5.32 Å². The van der Waals surface area contributed by atoms with Crippen LogP contribution in [-0.4, -0.2) is 19.3 Å². The molecule has 0 aliphatic rings. The maximum atomic E-state index is 5.52. The fraction of sp³-hybridized carbons (Fsp3) is 0.625. The number of hydrogen-bond donors (Lipinski definition) is 1. The normalized spacial score (nSPS) is 13.5. The highest BCUT2D eigenvalue weighted by molar-refractivity contribution is 14.1. The van der Waals surface area contributed by atoms with Gasteiger partial charge in [0.2, 0.25) is 0 Å². The molecule has 19 heavy (non-hydrogen) atoms. The second-order valence-electron chi connectivity index (χ2n) is 5.56. The van der Waals surface area contributed by atoms with Crippen LogP contribution in [0.3, 0.4) is 0 Å². The van der Waals surface area contributed by atoms with Gasteiger partial charge in [-0.15, -0.1) is 0 Å². The van der Waals surface area contributed by atoms with E-state index < -0.39 is 0 Å². The molecule has 3 heteroatoms. The van der Waals surface area contributed by atoms with Crippen molar-refractivity contribution >= 4 is 22.6 Å². The Bertz CT molecular complexity index is 379. The first-order chi connectivity index (χ1) is 8.98. The molecule has 1 N–H and O–H groups in total. The van der Waals surface area contributed by atoms with E-state index in [1.165, 1.54) is 9.13 Å². The maximum Gasteiger partial charge on any atom is 0.0623 e. The van der Waals surface area contributed by atoms with Crippen LogP contribution in [0.2, 0.25) is 0 Å². The Balaban J connectivity index is 2.71. The molecule has 0 aliphatic carbocycles. The first kappa shape index (κ1) is 16.9. The predicted molar refractivity (Wildman–Crippen MR) is 90.5 cm³/mol. The van der Waals surface area contributed by atoms with Gasteiger partial charge in [0.05, 0.1) is 5.60 Å². The van der Waals surface area contributed by atoms with Crippen molar-refractivity contribution in [2.75, 3.05) is 13.7 Å². The van der Waals surface area contributed by atoms with E-state index in [-0.39, 0.29) is 5.60 Å². The Labute approximate surface area is 131 Å². The van der Waals surface area contributed by atoms with Gasteiger partial charge in [-0.05, 0) is 79.9 Å². The van der Waals surface area contributed by atoms with E-state index in [0.29, 0.717) is 6.04 Å². The van der Waals surface area contributed by atoms with Crippen LogP contribution in [0, 0.1) is 3.57 Å². The van der Waals surface area contributed by atoms with Crippen LogP contribution >= 0.6 is 22.6 Å². The molecule has 0 heterocycles. The van der Waals surface area contributed by atoms with Gasteiger partial charge in [0, 0.05) is 16.7 Å². The molecule has 1 atom stereocenters. The van der Waals surface area contributed by atoms with Gasteiger partial charge < -0.3 is 10.1 Å². The molecule has 0 saturated carbocycles. The third-order valence-electron chi connectivity index (χ3n) is 3.48. The summed E-state index contributed by atoms with van der Waals surface area (Å²) in [6.45, 7) is 7.57. The minimum absolute atomic E-state index is 0.0475. The molecular weight excluding hydrogens is 349 g/mol. The van der Waals surface area contributed by atoms with Crippen LogP contribution in [0.4, 0.5) is 0 Å². The molecular formula is C16H26INO. The zero-order chi connectivity index (χ0) is 14.3. The lowest BCUT2D eigenvalue weighted by atomic mass is 9.95. The monoisotopic (exact) mass is 375 g/mol. The molecule has 0 spiro atoms. The lowest BCUT2D eigenvalue weighted by molar-refractivity contribution is 0.0117. The van der Waals surface area contributed by atoms with Gasteiger partial charge in [-0.3, -0.25) is 0 Å². The van der Waals surface area contributed by atoms with Crippen molar-refractivity contribution in [1.29, 1.82) is 0 Å². The highest BCUT2D eigenvalue weighted by Gasteiger charge is 2.20. The molecule has 0 aliphatic heterocycles. The van der Waals surface area contributed by atoms with E-state index in [0.717, 1.165) is 25.8 Å². The molecule has 1 aromatic rings. The van der Waals surface area contributed by atoms with E-state index in [1.54, 1.807) is 7.11 Å². The average Bonchev–Trinajstić information content (AvgIpc) is 2.39. The second kappa shape index (κ2) is 8.22. The summed E-state index contributed by atoms with van der Waals surface area (Å²) in [5.74, 6) is 0. The molecule has 0 radical (unpaired) electrons. The molecule has 1 rings (SSSR count). The highest BCUT2D eigenvalue weighted by atomic mass is 127. The van der Waals surface area contributed by atoms with Crippen LogP contribution in [0.15, 0.2) is 24.3 Å². The summed E-state index contributed by atoms with van der Waals surface area (Å²) in [5.41, 5.74) is 1.33. The second-order valence-corrected chi connectivity index (χ2v) is 6.81. The third-order valence-corrected chi connectivity index (χ3v) is 4.15. The Morgan fingerprint density at radius 3 is 2.68 bits per heavy atom. The SMILES string of the molecule is CCCNC(CCC(C)(C)OC)c1cccc(I)c1. The number of hydrogen-bond acceptors (Lipinski definition) is 2. The zero-order valence-corrected chi connectivity index (χ0v) is 14.7. The Morgan fingerprint density at radius 2 is 2.11 bits per heavy atom. The van der Waals surface area contributed by atoms with Gasteiger partial charge in [-0.1, -0.05) is 19.1 Å². The van der Waals surface area contributed by atoms with Gasteiger partial charge in [0.15, 0.2) is 0 Å². The van der Waals surface area contributed by atoms with Gasteiger partial charge in [-0.2, -0.15) is 0 Å². The van der Waals surface area contributed by atoms with Crippen LogP contribution in [0.1, 0.15) is 51.6 Å². The van der Waals surface area contributed by atoms with E-state index in [1.807, 2.05) is 0 Å². The number of ether oxygens (including phenoxy) is 1.